The van der Waals surface area contributed by atoms with Gasteiger partial charge in [-0.1, -0.05) is 140 Å². The van der Waals surface area contributed by atoms with Crippen molar-refractivity contribution in [2.75, 3.05) is 4.90 Å². The number of aromatic nitrogens is 4. The maximum absolute atomic E-state index is 5.10. The summed E-state index contributed by atoms with van der Waals surface area (Å²) in [6, 6.07) is 65.1. The lowest BCUT2D eigenvalue weighted by atomic mass is 10.0. The van der Waals surface area contributed by atoms with E-state index in [0.29, 0.717) is 17.6 Å². The maximum atomic E-state index is 5.10. The third-order valence-electron chi connectivity index (χ3n) is 9.07. The maximum Gasteiger partial charge on any atom is 0.238 e. The zero-order chi connectivity index (χ0) is 33.3. The van der Waals surface area contributed by atoms with Crippen molar-refractivity contribution in [2.45, 2.75) is 0 Å². The minimum absolute atomic E-state index is 0.590. The van der Waals surface area contributed by atoms with Crippen molar-refractivity contribution in [3.05, 3.63) is 188 Å². The Bertz CT molecular complexity index is 2470. The van der Waals surface area contributed by atoms with E-state index in [1.807, 2.05) is 42.5 Å². The molecule has 5 nitrogen and oxygen atoms in total. The molecule has 50 heavy (non-hydrogen) atoms. The van der Waals surface area contributed by atoms with E-state index in [2.05, 4.69) is 155 Å². The largest absolute Gasteiger partial charge is 0.311 e. The molecule has 0 spiro atoms. The first kappa shape index (κ1) is 29.3. The molecule has 0 aliphatic heterocycles. The Balaban J connectivity index is 1.10. The Morgan fingerprint density at radius 1 is 0.320 bits per heavy atom. The second-order valence-electron chi connectivity index (χ2n) is 12.1. The van der Waals surface area contributed by atoms with E-state index in [0.717, 1.165) is 61.1 Å². The molecule has 9 aromatic rings. The monoisotopic (exact) mass is 641 g/mol. The van der Waals surface area contributed by atoms with Crippen LogP contribution in [0.5, 0.6) is 0 Å². The number of para-hydroxylation sites is 4. The lowest BCUT2D eigenvalue weighted by Crippen LogP contribution is -2.09. The molecule has 0 unspecified atom stereocenters. The van der Waals surface area contributed by atoms with Crippen LogP contribution >= 0.6 is 0 Å². The summed E-state index contributed by atoms with van der Waals surface area (Å²) < 4.78 is 2.15. The summed E-state index contributed by atoms with van der Waals surface area (Å²) in [6.07, 6.45) is 0. The molecule has 2 heterocycles. The van der Waals surface area contributed by atoms with Gasteiger partial charge in [0.25, 0.3) is 0 Å². The van der Waals surface area contributed by atoms with Crippen molar-refractivity contribution in [2.24, 2.45) is 0 Å². The first-order valence-electron chi connectivity index (χ1n) is 16.7. The van der Waals surface area contributed by atoms with Crippen LogP contribution in [0.25, 0.3) is 61.7 Å². The topological polar surface area (TPSA) is 46.8 Å². The molecule has 0 N–H and O–H groups in total. The third kappa shape index (κ3) is 5.37. The molecular formula is C45H31N5. The molecule has 0 radical (unpaired) electrons. The van der Waals surface area contributed by atoms with E-state index < -0.39 is 0 Å². The molecule has 0 atom stereocenters. The molecule has 236 valence electrons. The van der Waals surface area contributed by atoms with Crippen LogP contribution in [-0.4, -0.2) is 19.5 Å². The average molecular weight is 642 g/mol. The highest BCUT2D eigenvalue weighted by atomic mass is 15.2. The van der Waals surface area contributed by atoms with Gasteiger partial charge >= 0.3 is 0 Å². The molecule has 7 aromatic carbocycles. The molecule has 0 saturated heterocycles. The van der Waals surface area contributed by atoms with Gasteiger partial charge in [-0.2, -0.15) is 9.97 Å². The predicted molar refractivity (Wildman–Crippen MR) is 205 cm³/mol. The molecule has 0 aliphatic rings. The fourth-order valence-corrected chi connectivity index (χ4v) is 6.66. The van der Waals surface area contributed by atoms with Crippen LogP contribution in [0.15, 0.2) is 188 Å². The van der Waals surface area contributed by atoms with Crippen molar-refractivity contribution in [1.82, 2.24) is 19.5 Å². The second kappa shape index (κ2) is 12.6. The molecule has 0 bridgehead atoms. The molecular weight excluding hydrogens is 611 g/mol. The Hall–Kier alpha value is -6.85. The summed E-state index contributed by atoms with van der Waals surface area (Å²) >= 11 is 0. The zero-order valence-corrected chi connectivity index (χ0v) is 27.1. The lowest BCUT2D eigenvalue weighted by Gasteiger charge is -2.25. The molecule has 0 amide bonds. The number of benzene rings is 7. The highest BCUT2D eigenvalue weighted by Crippen LogP contribution is 2.36. The van der Waals surface area contributed by atoms with Gasteiger partial charge in [-0.3, -0.25) is 4.57 Å². The summed E-state index contributed by atoms with van der Waals surface area (Å²) in [6.45, 7) is 0. The average Bonchev–Trinajstić information content (AvgIpc) is 3.54. The van der Waals surface area contributed by atoms with Crippen molar-refractivity contribution in [3.63, 3.8) is 0 Å². The number of hydrogen-bond donors (Lipinski definition) is 0. The van der Waals surface area contributed by atoms with Crippen LogP contribution in [0.3, 0.4) is 0 Å². The van der Waals surface area contributed by atoms with E-state index in [-0.39, 0.29) is 0 Å². The van der Waals surface area contributed by atoms with Crippen LogP contribution in [0.4, 0.5) is 17.1 Å². The van der Waals surface area contributed by atoms with Crippen LogP contribution < -0.4 is 4.90 Å². The summed E-state index contributed by atoms with van der Waals surface area (Å²) in [5.41, 5.74) is 9.55. The highest BCUT2D eigenvalue weighted by molar-refractivity contribution is 6.09. The van der Waals surface area contributed by atoms with Crippen molar-refractivity contribution >= 4 is 38.9 Å². The first-order valence-corrected chi connectivity index (χ1v) is 16.7. The molecule has 0 aliphatic carbocycles. The Labute approximate surface area is 290 Å². The first-order chi connectivity index (χ1) is 24.8. The SMILES string of the molecule is c1ccc(-c2nc(-c3ccc(-c4ccc(N(c5ccccc5)c5ccccc5)cc4)cc3)nc(-n3c4ccccc4c4ccccc43)n2)cc1. The van der Waals surface area contributed by atoms with Gasteiger partial charge in [0.2, 0.25) is 5.95 Å². The van der Waals surface area contributed by atoms with E-state index in [9.17, 15) is 0 Å². The van der Waals surface area contributed by atoms with Crippen molar-refractivity contribution < 1.29 is 0 Å². The van der Waals surface area contributed by atoms with Crippen LogP contribution in [0.1, 0.15) is 0 Å². The molecule has 0 fully saturated rings. The highest BCUT2D eigenvalue weighted by Gasteiger charge is 2.18. The van der Waals surface area contributed by atoms with E-state index in [1.54, 1.807) is 0 Å². The van der Waals surface area contributed by atoms with E-state index >= 15 is 0 Å². The normalized spacial score (nSPS) is 11.2. The van der Waals surface area contributed by atoms with Gasteiger partial charge in [0.1, 0.15) is 0 Å². The van der Waals surface area contributed by atoms with Crippen molar-refractivity contribution in [3.8, 4) is 39.9 Å². The predicted octanol–water partition coefficient (Wildman–Crippen LogP) is 11.4. The standard InChI is InChI=1S/C45H31N5/c1-4-14-34(15-5-1)43-46-44(48-45(47-43)50-41-22-12-10-20-39(41)40-21-11-13-23-42(40)50)35-26-24-32(25-27-35)33-28-30-38(31-29-33)49(36-16-6-2-7-17-36)37-18-8-3-9-19-37/h1-31H. The Kier molecular flexibility index (Phi) is 7.41. The zero-order valence-electron chi connectivity index (χ0n) is 27.1. The van der Waals surface area contributed by atoms with Gasteiger partial charge in [-0.05, 0) is 59.7 Å². The van der Waals surface area contributed by atoms with Gasteiger partial charge in [-0.25, -0.2) is 4.98 Å². The second-order valence-corrected chi connectivity index (χ2v) is 12.1. The summed E-state index contributed by atoms with van der Waals surface area (Å²) in [4.78, 5) is 17.4. The number of hydrogen-bond acceptors (Lipinski definition) is 4. The van der Waals surface area contributed by atoms with Gasteiger partial charge in [0, 0.05) is 39.0 Å². The van der Waals surface area contributed by atoms with E-state index in [1.165, 1.54) is 0 Å². The molecule has 2 aromatic heterocycles. The fourth-order valence-electron chi connectivity index (χ4n) is 6.66. The number of fused-ring (bicyclic) bond motifs is 3. The number of anilines is 3. The lowest BCUT2D eigenvalue weighted by molar-refractivity contribution is 0.953. The smallest absolute Gasteiger partial charge is 0.238 e. The Morgan fingerprint density at radius 2 is 0.700 bits per heavy atom. The third-order valence-corrected chi connectivity index (χ3v) is 9.07. The number of rotatable bonds is 7. The fraction of sp³-hybridized carbons (Fsp3) is 0. The molecule has 9 rings (SSSR count). The molecule has 0 saturated carbocycles. The summed E-state index contributed by atoms with van der Waals surface area (Å²) in [5.74, 6) is 1.85. The van der Waals surface area contributed by atoms with Gasteiger partial charge in [0.15, 0.2) is 11.6 Å². The number of nitrogens with zero attached hydrogens (tertiary/aromatic N) is 5. The van der Waals surface area contributed by atoms with Gasteiger partial charge in [-0.15, -0.1) is 0 Å². The van der Waals surface area contributed by atoms with Crippen LogP contribution in [0.2, 0.25) is 0 Å². The van der Waals surface area contributed by atoms with Crippen molar-refractivity contribution in [1.29, 1.82) is 0 Å². The van der Waals surface area contributed by atoms with Gasteiger partial charge < -0.3 is 4.90 Å². The van der Waals surface area contributed by atoms with Crippen LogP contribution in [-0.2, 0) is 0 Å². The minimum atomic E-state index is 0.590. The van der Waals surface area contributed by atoms with E-state index in [4.69, 9.17) is 15.0 Å². The summed E-state index contributed by atoms with van der Waals surface area (Å²) in [5, 5.41) is 2.33. The quantitative estimate of drug-likeness (QED) is 0.174. The summed E-state index contributed by atoms with van der Waals surface area (Å²) in [7, 11) is 0. The molecule has 5 heteroatoms. The van der Waals surface area contributed by atoms with Crippen LogP contribution in [0, 0.1) is 0 Å². The Morgan fingerprint density at radius 3 is 1.22 bits per heavy atom. The van der Waals surface area contributed by atoms with Gasteiger partial charge in [0.05, 0.1) is 11.0 Å². The minimum Gasteiger partial charge on any atom is -0.311 e.